The van der Waals surface area contributed by atoms with Gasteiger partial charge in [-0.2, -0.15) is 4.98 Å². The van der Waals surface area contributed by atoms with E-state index in [2.05, 4.69) is 20.4 Å². The first-order chi connectivity index (χ1) is 9.13. The van der Waals surface area contributed by atoms with E-state index in [1.165, 1.54) is 0 Å². The number of hydrogen-bond donors (Lipinski definition) is 3. The molecular weight excluding hydrogens is 270 g/mol. The van der Waals surface area contributed by atoms with E-state index in [4.69, 9.17) is 16.7 Å². The molecule has 3 N–H and O–H groups in total. The quantitative estimate of drug-likeness (QED) is 0.676. The van der Waals surface area contributed by atoms with Crippen molar-refractivity contribution in [3.05, 3.63) is 23.2 Å². The number of hydrogen-bond acceptors (Lipinski definition) is 4. The molecule has 0 bridgehead atoms. The minimum atomic E-state index is -0.857. The van der Waals surface area contributed by atoms with E-state index in [1.807, 2.05) is 6.07 Å². The van der Waals surface area contributed by atoms with Crippen molar-refractivity contribution in [2.45, 2.75) is 6.42 Å². The predicted molar refractivity (Wildman–Crippen MR) is 70.6 cm³/mol. The van der Waals surface area contributed by atoms with Crippen LogP contribution in [0.3, 0.4) is 0 Å². The second kappa shape index (κ2) is 4.43. The van der Waals surface area contributed by atoms with Crippen molar-refractivity contribution in [1.82, 2.24) is 19.6 Å². The van der Waals surface area contributed by atoms with Gasteiger partial charge in [-0.15, -0.1) is 0 Å². The highest BCUT2D eigenvalue weighted by molar-refractivity contribution is 6.31. The third-order valence-electron chi connectivity index (χ3n) is 2.66. The van der Waals surface area contributed by atoms with Gasteiger partial charge < -0.3 is 10.4 Å². The predicted octanol–water partition coefficient (Wildman–Crippen LogP) is 1.75. The summed E-state index contributed by atoms with van der Waals surface area (Å²) in [5.41, 5.74) is 1.61. The molecule has 0 fully saturated rings. The zero-order chi connectivity index (χ0) is 13.4. The largest absolute Gasteiger partial charge is 0.481 e. The number of carboxylic acids is 1. The van der Waals surface area contributed by atoms with Crippen LogP contribution in [0, 0.1) is 0 Å². The number of aromatic amines is 1. The Morgan fingerprint density at radius 3 is 3.11 bits per heavy atom. The average molecular weight is 280 g/mol. The molecule has 0 atom stereocenters. The summed E-state index contributed by atoms with van der Waals surface area (Å²) >= 11 is 5.89. The van der Waals surface area contributed by atoms with Gasteiger partial charge in [-0.1, -0.05) is 11.6 Å². The standard InChI is InChI=1S/C11H10ClN5O2/c12-6-1-2-8-7(5-6)14-11-15-10(16-17(8)11)13-4-3-9(18)19/h1-2,5H,3-4H2,(H,18,19)(H2,13,14,15,16). The highest BCUT2D eigenvalue weighted by Crippen LogP contribution is 2.20. The van der Waals surface area contributed by atoms with Crippen LogP contribution in [-0.2, 0) is 4.79 Å². The number of imidazole rings is 1. The third-order valence-corrected chi connectivity index (χ3v) is 2.89. The number of carbonyl (C=O) groups is 1. The molecule has 0 amide bonds. The molecule has 0 unspecified atom stereocenters. The molecule has 2 heterocycles. The van der Waals surface area contributed by atoms with Gasteiger partial charge in [0.1, 0.15) is 0 Å². The van der Waals surface area contributed by atoms with Gasteiger partial charge in [-0.3, -0.25) is 9.89 Å². The lowest BCUT2D eigenvalue weighted by molar-refractivity contribution is -0.136. The molecule has 0 aliphatic heterocycles. The van der Waals surface area contributed by atoms with E-state index in [1.54, 1.807) is 16.6 Å². The number of halogens is 1. The fraction of sp³-hybridized carbons (Fsp3) is 0.182. The van der Waals surface area contributed by atoms with E-state index >= 15 is 0 Å². The first-order valence-electron chi connectivity index (χ1n) is 5.63. The number of anilines is 1. The third kappa shape index (κ3) is 2.19. The van der Waals surface area contributed by atoms with Crippen LogP contribution in [0.2, 0.25) is 5.02 Å². The summed E-state index contributed by atoms with van der Waals surface area (Å²) in [5, 5.41) is 15.1. The lowest BCUT2D eigenvalue weighted by Crippen LogP contribution is -2.08. The Morgan fingerprint density at radius 1 is 1.47 bits per heavy atom. The number of rotatable bonds is 4. The minimum absolute atomic E-state index is 0.0272. The maximum Gasteiger partial charge on any atom is 0.305 e. The topological polar surface area (TPSA) is 95.3 Å². The number of benzene rings is 1. The van der Waals surface area contributed by atoms with Crippen LogP contribution in [0.4, 0.5) is 5.95 Å². The molecule has 3 rings (SSSR count). The van der Waals surface area contributed by atoms with Crippen LogP contribution in [0.1, 0.15) is 6.42 Å². The second-order valence-corrected chi connectivity index (χ2v) is 4.46. The van der Waals surface area contributed by atoms with E-state index in [9.17, 15) is 4.79 Å². The first kappa shape index (κ1) is 11.8. The van der Waals surface area contributed by atoms with Gasteiger partial charge in [0, 0.05) is 11.6 Å². The normalized spacial score (nSPS) is 11.2. The summed E-state index contributed by atoms with van der Waals surface area (Å²) in [6.07, 6.45) is 0.0272. The number of aliphatic carboxylic acids is 1. The summed E-state index contributed by atoms with van der Waals surface area (Å²) in [7, 11) is 0. The zero-order valence-electron chi connectivity index (χ0n) is 9.72. The van der Waals surface area contributed by atoms with Crippen LogP contribution < -0.4 is 5.32 Å². The van der Waals surface area contributed by atoms with Gasteiger partial charge in [0.25, 0.3) is 5.78 Å². The number of fused-ring (bicyclic) bond motifs is 3. The Morgan fingerprint density at radius 2 is 2.32 bits per heavy atom. The molecule has 0 spiro atoms. The summed E-state index contributed by atoms with van der Waals surface area (Å²) < 4.78 is 1.72. The van der Waals surface area contributed by atoms with Crippen LogP contribution in [0.5, 0.6) is 0 Å². The van der Waals surface area contributed by atoms with Crippen molar-refractivity contribution in [1.29, 1.82) is 0 Å². The Bertz CT molecular complexity index is 763. The van der Waals surface area contributed by atoms with Crippen LogP contribution in [0.25, 0.3) is 16.8 Å². The summed E-state index contributed by atoms with van der Waals surface area (Å²) in [6.45, 7) is 0.301. The zero-order valence-corrected chi connectivity index (χ0v) is 10.5. The molecule has 0 aliphatic rings. The molecule has 7 nitrogen and oxygen atoms in total. The van der Waals surface area contributed by atoms with Crippen LogP contribution in [-0.4, -0.2) is 37.2 Å². The highest BCUT2D eigenvalue weighted by Gasteiger charge is 2.09. The van der Waals surface area contributed by atoms with E-state index in [0.29, 0.717) is 23.3 Å². The fourth-order valence-corrected chi connectivity index (χ4v) is 1.99. The molecule has 98 valence electrons. The molecule has 1 aromatic carbocycles. The first-order valence-corrected chi connectivity index (χ1v) is 6.01. The van der Waals surface area contributed by atoms with Gasteiger partial charge in [-0.25, -0.2) is 9.50 Å². The molecule has 0 saturated carbocycles. The van der Waals surface area contributed by atoms with Crippen molar-refractivity contribution < 1.29 is 9.90 Å². The van der Waals surface area contributed by atoms with Gasteiger partial charge >= 0.3 is 5.97 Å². The molecule has 3 aromatic rings. The number of nitrogens with zero attached hydrogens (tertiary/aromatic N) is 3. The monoisotopic (exact) mass is 279 g/mol. The molecule has 0 radical (unpaired) electrons. The van der Waals surface area contributed by atoms with Crippen molar-refractivity contribution in [2.75, 3.05) is 11.9 Å². The molecule has 0 aliphatic carbocycles. The Balaban J connectivity index is 1.91. The summed E-state index contributed by atoms with van der Waals surface area (Å²) in [5.74, 6) is 0.139. The maximum absolute atomic E-state index is 10.4. The maximum atomic E-state index is 10.4. The fourth-order valence-electron chi connectivity index (χ4n) is 1.82. The van der Waals surface area contributed by atoms with Crippen molar-refractivity contribution in [3.63, 3.8) is 0 Å². The number of carboxylic acid groups (broad SMARTS) is 1. The molecule has 8 heteroatoms. The van der Waals surface area contributed by atoms with Gasteiger partial charge in [0.2, 0.25) is 5.95 Å². The lowest BCUT2D eigenvalue weighted by Gasteiger charge is -1.98. The highest BCUT2D eigenvalue weighted by atomic mass is 35.5. The SMILES string of the molecule is O=C(O)CCNc1nc2nc3cc(Cl)ccc3n2[nH]1. The lowest BCUT2D eigenvalue weighted by atomic mass is 10.3. The summed E-state index contributed by atoms with van der Waals surface area (Å²) in [4.78, 5) is 19.0. The smallest absolute Gasteiger partial charge is 0.305 e. The molecular formula is C11H10ClN5O2. The van der Waals surface area contributed by atoms with E-state index in [-0.39, 0.29) is 6.42 Å². The molecule has 19 heavy (non-hydrogen) atoms. The van der Waals surface area contributed by atoms with E-state index < -0.39 is 5.97 Å². The van der Waals surface area contributed by atoms with Crippen molar-refractivity contribution in [3.8, 4) is 0 Å². The van der Waals surface area contributed by atoms with Gasteiger partial charge in [0.15, 0.2) is 0 Å². The number of nitrogens with one attached hydrogen (secondary N) is 2. The number of aromatic nitrogens is 4. The molecule has 2 aromatic heterocycles. The second-order valence-electron chi connectivity index (χ2n) is 4.02. The van der Waals surface area contributed by atoms with Gasteiger partial charge in [-0.05, 0) is 18.2 Å². The molecule has 0 saturated heterocycles. The Labute approximate surface area is 112 Å². The number of H-pyrrole nitrogens is 1. The van der Waals surface area contributed by atoms with Crippen molar-refractivity contribution >= 4 is 40.3 Å². The van der Waals surface area contributed by atoms with Gasteiger partial charge in [0.05, 0.1) is 17.5 Å². The average Bonchev–Trinajstić information content (AvgIpc) is 2.84. The minimum Gasteiger partial charge on any atom is -0.481 e. The van der Waals surface area contributed by atoms with Crippen LogP contribution in [0.15, 0.2) is 18.2 Å². The Hall–Kier alpha value is -2.28. The van der Waals surface area contributed by atoms with E-state index in [0.717, 1.165) is 11.0 Å². The summed E-state index contributed by atoms with van der Waals surface area (Å²) in [6, 6.07) is 5.38. The Kier molecular flexibility index (Phi) is 2.75. The van der Waals surface area contributed by atoms with Crippen LogP contribution >= 0.6 is 11.6 Å². The van der Waals surface area contributed by atoms with Crippen molar-refractivity contribution in [2.24, 2.45) is 0 Å².